The maximum absolute atomic E-state index is 9.75. The molecule has 0 aliphatic heterocycles. The zero-order valence-corrected chi connectivity index (χ0v) is 13.6. The van der Waals surface area contributed by atoms with Gasteiger partial charge in [-0.15, -0.1) is 11.3 Å². The summed E-state index contributed by atoms with van der Waals surface area (Å²) >= 11 is 1.73. The number of rotatable bonds is 4. The molecule has 0 radical (unpaired) electrons. The Morgan fingerprint density at radius 1 is 1.08 bits per heavy atom. The molecule has 0 saturated heterocycles. The van der Waals surface area contributed by atoms with Crippen molar-refractivity contribution in [3.05, 3.63) is 48.8 Å². The summed E-state index contributed by atoms with van der Waals surface area (Å²) in [4.78, 5) is 4.66. The minimum absolute atomic E-state index is 0.727. The van der Waals surface area contributed by atoms with E-state index in [1.807, 2.05) is 12.1 Å². The van der Waals surface area contributed by atoms with E-state index < -0.39 is 7.25 Å². The number of pyridine rings is 1. The maximum Gasteiger partial charge on any atom is 0.673 e. The van der Waals surface area contributed by atoms with E-state index >= 15 is 0 Å². The number of halogens is 4. The fourth-order valence-electron chi connectivity index (χ4n) is 1.94. The summed E-state index contributed by atoms with van der Waals surface area (Å²) in [6.45, 7) is 1.60. The Kier molecular flexibility index (Phi) is 6.27. The summed E-state index contributed by atoms with van der Waals surface area (Å²) in [6.07, 6.45) is 4.14. The minimum Gasteiger partial charge on any atom is -0.418 e. The average Bonchev–Trinajstić information content (AvgIpc) is 2.96. The predicted molar refractivity (Wildman–Crippen MR) is 87.3 cm³/mol. The fraction of sp³-hybridized carbons (Fsp3) is 0.200. The molecule has 0 saturated carbocycles. The van der Waals surface area contributed by atoms with Crippen LogP contribution in [-0.4, -0.2) is 26.0 Å². The number of fused-ring (bicyclic) bond motifs is 1. The van der Waals surface area contributed by atoms with Gasteiger partial charge in [0.2, 0.25) is 0 Å². The van der Waals surface area contributed by atoms with Gasteiger partial charge in [-0.3, -0.25) is 0 Å². The lowest BCUT2D eigenvalue weighted by Crippen LogP contribution is -2.34. The monoisotopic (exact) mass is 358 g/mol. The van der Waals surface area contributed by atoms with E-state index in [-0.39, 0.29) is 0 Å². The number of thiazole rings is 1. The summed E-state index contributed by atoms with van der Waals surface area (Å²) in [5.74, 6) is 0. The van der Waals surface area contributed by atoms with E-state index in [2.05, 4.69) is 46.2 Å². The van der Waals surface area contributed by atoms with E-state index in [9.17, 15) is 17.3 Å². The lowest BCUT2D eigenvalue weighted by atomic mass is 10.3. The van der Waals surface area contributed by atoms with Gasteiger partial charge < -0.3 is 22.0 Å². The number of hydrogen-bond acceptors (Lipinski definition) is 3. The number of nitrogens with zero attached hydrogens (tertiary/aromatic N) is 2. The molecular formula is C15H15BF4N2OS. The van der Waals surface area contributed by atoms with Crippen molar-refractivity contribution < 1.29 is 26.6 Å². The van der Waals surface area contributed by atoms with Gasteiger partial charge in [-0.05, 0) is 12.1 Å². The molecular weight excluding hydrogens is 343 g/mol. The smallest absolute Gasteiger partial charge is 0.418 e. The van der Waals surface area contributed by atoms with Crippen LogP contribution in [0.3, 0.4) is 0 Å². The Bertz CT molecular complexity index is 738. The second-order valence-electron chi connectivity index (χ2n) is 4.80. The lowest BCUT2D eigenvalue weighted by molar-refractivity contribution is -0.698. The van der Waals surface area contributed by atoms with Gasteiger partial charge in [-0.2, -0.15) is 0 Å². The van der Waals surface area contributed by atoms with Crippen molar-refractivity contribution in [1.82, 2.24) is 4.98 Å². The van der Waals surface area contributed by atoms with Gasteiger partial charge in [0.1, 0.15) is 11.6 Å². The molecule has 0 N–H and O–H groups in total. The Morgan fingerprint density at radius 3 is 2.29 bits per heavy atom. The van der Waals surface area contributed by atoms with Crippen LogP contribution in [0.15, 0.2) is 48.8 Å². The molecule has 0 atom stereocenters. The van der Waals surface area contributed by atoms with E-state index in [4.69, 9.17) is 4.74 Å². The van der Waals surface area contributed by atoms with Gasteiger partial charge >= 0.3 is 7.25 Å². The van der Waals surface area contributed by atoms with Crippen LogP contribution >= 0.6 is 11.3 Å². The third-order valence-corrected chi connectivity index (χ3v) is 4.07. The molecule has 3 rings (SSSR count). The van der Waals surface area contributed by atoms with Crippen LogP contribution in [0.1, 0.15) is 0 Å². The molecule has 2 heterocycles. The first-order valence-electron chi connectivity index (χ1n) is 7.08. The summed E-state index contributed by atoms with van der Waals surface area (Å²) in [5.41, 5.74) is 2.23. The summed E-state index contributed by atoms with van der Waals surface area (Å²) in [5, 5.41) is 1.07. The lowest BCUT2D eigenvalue weighted by Gasteiger charge is -1.97. The highest BCUT2D eigenvalue weighted by Crippen LogP contribution is 2.29. The molecule has 2 aromatic heterocycles. The minimum atomic E-state index is -6.00. The van der Waals surface area contributed by atoms with Crippen LogP contribution in [0.4, 0.5) is 17.3 Å². The third-order valence-electron chi connectivity index (χ3n) is 2.99. The van der Waals surface area contributed by atoms with Gasteiger partial charge in [0.05, 0.1) is 10.2 Å². The van der Waals surface area contributed by atoms with E-state index in [0.717, 1.165) is 29.2 Å². The molecule has 1 aromatic carbocycles. The largest absolute Gasteiger partial charge is 0.673 e. The van der Waals surface area contributed by atoms with E-state index in [0.29, 0.717) is 0 Å². The van der Waals surface area contributed by atoms with Crippen LogP contribution < -0.4 is 4.57 Å². The van der Waals surface area contributed by atoms with Crippen LogP contribution in [0.25, 0.3) is 20.8 Å². The van der Waals surface area contributed by atoms with Gasteiger partial charge in [0.15, 0.2) is 18.9 Å². The van der Waals surface area contributed by atoms with Gasteiger partial charge in [-0.25, -0.2) is 9.55 Å². The number of methoxy groups -OCH3 is 1. The maximum atomic E-state index is 9.75. The van der Waals surface area contributed by atoms with Gasteiger partial charge in [-0.1, -0.05) is 12.1 Å². The highest BCUT2D eigenvalue weighted by atomic mass is 32.1. The third kappa shape index (κ3) is 5.90. The van der Waals surface area contributed by atoms with E-state index in [1.165, 1.54) is 4.70 Å². The Labute approximate surface area is 140 Å². The molecule has 3 nitrogen and oxygen atoms in total. The van der Waals surface area contributed by atoms with E-state index in [1.54, 1.807) is 18.4 Å². The normalized spacial score (nSPS) is 11.2. The Hall–Kier alpha value is -2.00. The second-order valence-corrected chi connectivity index (χ2v) is 5.83. The van der Waals surface area contributed by atoms with Crippen LogP contribution in [0.5, 0.6) is 0 Å². The van der Waals surface area contributed by atoms with Crippen molar-refractivity contribution in [3.63, 3.8) is 0 Å². The Balaban J connectivity index is 0.000000368. The van der Waals surface area contributed by atoms with Crippen molar-refractivity contribution >= 4 is 28.8 Å². The number of aromatic nitrogens is 2. The van der Waals surface area contributed by atoms with Crippen LogP contribution in [0.2, 0.25) is 0 Å². The molecule has 128 valence electrons. The molecule has 9 heteroatoms. The molecule has 24 heavy (non-hydrogen) atoms. The van der Waals surface area contributed by atoms with Crippen molar-refractivity contribution in [2.24, 2.45) is 0 Å². The number of para-hydroxylation sites is 1. The molecule has 0 fully saturated rings. The number of ether oxygens (including phenoxy) is 1. The van der Waals surface area contributed by atoms with Gasteiger partial charge in [0.25, 0.3) is 0 Å². The number of benzene rings is 1. The topological polar surface area (TPSA) is 26.0 Å². The summed E-state index contributed by atoms with van der Waals surface area (Å²) < 4.78 is 47.4. The summed E-state index contributed by atoms with van der Waals surface area (Å²) in [7, 11) is -4.28. The highest BCUT2D eigenvalue weighted by Gasteiger charge is 2.20. The summed E-state index contributed by atoms with van der Waals surface area (Å²) in [6, 6.07) is 12.4. The van der Waals surface area contributed by atoms with Crippen molar-refractivity contribution in [3.8, 4) is 10.6 Å². The average molecular weight is 358 g/mol. The molecule has 0 unspecified atom stereocenters. The van der Waals surface area contributed by atoms with Crippen molar-refractivity contribution in [2.45, 2.75) is 6.54 Å². The molecule has 0 aliphatic rings. The first kappa shape index (κ1) is 18.3. The zero-order valence-electron chi connectivity index (χ0n) is 12.8. The second kappa shape index (κ2) is 8.21. The molecule has 0 aliphatic carbocycles. The van der Waals surface area contributed by atoms with Crippen molar-refractivity contribution in [2.75, 3.05) is 13.7 Å². The van der Waals surface area contributed by atoms with Crippen LogP contribution in [0, 0.1) is 0 Å². The molecule has 0 spiro atoms. The molecule has 0 amide bonds. The highest BCUT2D eigenvalue weighted by molar-refractivity contribution is 7.21. The predicted octanol–water partition coefficient (Wildman–Crippen LogP) is 4.20. The fourth-order valence-corrected chi connectivity index (χ4v) is 2.91. The van der Waals surface area contributed by atoms with Gasteiger partial charge in [0, 0.05) is 24.8 Å². The van der Waals surface area contributed by atoms with Crippen LogP contribution in [-0.2, 0) is 11.3 Å². The first-order valence-corrected chi connectivity index (χ1v) is 7.90. The number of hydrogen-bond donors (Lipinski definition) is 0. The standard InChI is InChI=1S/C15H15N2OS.BF4/c1-18-11-10-17-8-6-12(7-9-17)15-16-13-4-2-3-5-14(13)19-15;2-1(3,4)5/h2-9H,10-11H2,1H3;/q+1;-1. The quantitative estimate of drug-likeness (QED) is 0.397. The first-order chi connectivity index (χ1) is 11.4. The molecule has 3 aromatic rings. The zero-order chi connectivity index (χ0) is 17.6. The SMILES string of the molecule is COCC[n+]1ccc(-c2nc3ccccc3s2)cc1.F[B-](F)(F)F. The molecule has 0 bridgehead atoms. The Morgan fingerprint density at radius 2 is 1.71 bits per heavy atom. The van der Waals surface area contributed by atoms with Crippen molar-refractivity contribution in [1.29, 1.82) is 0 Å².